The molecule has 0 bridgehead atoms. The van der Waals surface area contributed by atoms with Crippen LogP contribution in [0.15, 0.2) is 42.6 Å². The maximum absolute atomic E-state index is 13.1. The Labute approximate surface area is 126 Å². The molecular formula is C16H15FN2O3. The number of nitrogens with zero attached hydrogens (tertiary/aromatic N) is 1. The van der Waals surface area contributed by atoms with Crippen molar-refractivity contribution in [3.05, 3.63) is 65.2 Å². The third kappa shape index (κ3) is 4.12. The monoisotopic (exact) mass is 302 g/mol. The summed E-state index contributed by atoms with van der Waals surface area (Å²) >= 11 is 0. The van der Waals surface area contributed by atoms with E-state index in [1.807, 2.05) is 0 Å². The van der Waals surface area contributed by atoms with Gasteiger partial charge in [-0.25, -0.2) is 9.18 Å². The predicted molar refractivity (Wildman–Crippen MR) is 78.0 cm³/mol. The van der Waals surface area contributed by atoms with Crippen molar-refractivity contribution in [2.75, 3.05) is 0 Å². The summed E-state index contributed by atoms with van der Waals surface area (Å²) in [4.78, 5) is 27.3. The van der Waals surface area contributed by atoms with Crippen molar-refractivity contribution in [1.82, 2.24) is 10.3 Å². The van der Waals surface area contributed by atoms with Crippen molar-refractivity contribution in [3.63, 3.8) is 0 Å². The maximum Gasteiger partial charge on any atom is 0.326 e. The Bertz CT molecular complexity index is 686. The van der Waals surface area contributed by atoms with Crippen LogP contribution in [-0.4, -0.2) is 28.0 Å². The van der Waals surface area contributed by atoms with Gasteiger partial charge >= 0.3 is 5.97 Å². The van der Waals surface area contributed by atoms with Crippen LogP contribution in [0.25, 0.3) is 0 Å². The van der Waals surface area contributed by atoms with E-state index in [0.29, 0.717) is 5.56 Å². The number of hydrogen-bond acceptors (Lipinski definition) is 3. The molecule has 5 nitrogen and oxygen atoms in total. The van der Waals surface area contributed by atoms with Crippen molar-refractivity contribution in [2.45, 2.75) is 19.4 Å². The number of carbonyl (C=O) groups is 2. The maximum atomic E-state index is 13.1. The van der Waals surface area contributed by atoms with Gasteiger partial charge in [-0.2, -0.15) is 0 Å². The molecule has 2 aromatic rings. The van der Waals surface area contributed by atoms with Crippen LogP contribution in [0.3, 0.4) is 0 Å². The largest absolute Gasteiger partial charge is 0.480 e. The molecule has 1 amide bonds. The van der Waals surface area contributed by atoms with E-state index < -0.39 is 23.7 Å². The second-order valence-electron chi connectivity index (χ2n) is 4.89. The number of pyridine rings is 1. The first-order chi connectivity index (χ1) is 10.5. The average Bonchev–Trinajstić information content (AvgIpc) is 2.47. The van der Waals surface area contributed by atoms with Crippen LogP contribution in [0, 0.1) is 12.7 Å². The third-order valence-electron chi connectivity index (χ3n) is 3.11. The summed E-state index contributed by atoms with van der Waals surface area (Å²) in [7, 11) is 0. The number of aryl methyl sites for hydroxylation is 1. The van der Waals surface area contributed by atoms with E-state index in [2.05, 4.69) is 10.3 Å². The van der Waals surface area contributed by atoms with Gasteiger partial charge in [0, 0.05) is 18.3 Å². The topological polar surface area (TPSA) is 79.3 Å². The smallest absolute Gasteiger partial charge is 0.326 e. The summed E-state index contributed by atoms with van der Waals surface area (Å²) in [5.74, 6) is -2.16. The highest BCUT2D eigenvalue weighted by atomic mass is 19.1. The first kappa shape index (κ1) is 15.6. The number of hydrogen-bond donors (Lipinski definition) is 2. The lowest BCUT2D eigenvalue weighted by molar-refractivity contribution is -0.139. The Morgan fingerprint density at radius 2 is 2.09 bits per heavy atom. The van der Waals surface area contributed by atoms with Crippen molar-refractivity contribution in [2.24, 2.45) is 0 Å². The van der Waals surface area contributed by atoms with Crippen LogP contribution in [0.2, 0.25) is 0 Å². The molecule has 0 aliphatic rings. The zero-order valence-corrected chi connectivity index (χ0v) is 11.9. The van der Waals surface area contributed by atoms with Gasteiger partial charge in [0.25, 0.3) is 5.91 Å². The van der Waals surface area contributed by atoms with E-state index in [9.17, 15) is 19.1 Å². The fourth-order valence-corrected chi connectivity index (χ4v) is 1.94. The molecule has 22 heavy (non-hydrogen) atoms. The normalized spacial score (nSPS) is 11.7. The number of rotatable bonds is 5. The van der Waals surface area contributed by atoms with Gasteiger partial charge in [0.05, 0.1) is 5.56 Å². The van der Waals surface area contributed by atoms with Crippen molar-refractivity contribution >= 4 is 11.9 Å². The number of carboxylic acids is 1. The summed E-state index contributed by atoms with van der Waals surface area (Å²) in [6, 6.07) is 7.71. The van der Waals surface area contributed by atoms with Gasteiger partial charge in [0.15, 0.2) is 0 Å². The number of amides is 1. The van der Waals surface area contributed by atoms with E-state index in [-0.39, 0.29) is 12.0 Å². The number of nitrogens with one attached hydrogen (secondary N) is 1. The number of carbonyl (C=O) groups excluding carboxylic acids is 1. The number of carboxylic acid groups (broad SMARTS) is 1. The molecule has 1 aromatic carbocycles. The number of aliphatic carboxylic acids is 1. The third-order valence-corrected chi connectivity index (χ3v) is 3.11. The minimum absolute atomic E-state index is 0.00186. The van der Waals surface area contributed by atoms with Crippen LogP contribution in [0.4, 0.5) is 4.39 Å². The molecule has 6 heteroatoms. The predicted octanol–water partition coefficient (Wildman–Crippen LogP) is 1.95. The van der Waals surface area contributed by atoms with E-state index >= 15 is 0 Å². The zero-order chi connectivity index (χ0) is 16.1. The van der Waals surface area contributed by atoms with E-state index in [4.69, 9.17) is 0 Å². The molecule has 1 atom stereocenters. The first-order valence-corrected chi connectivity index (χ1v) is 6.66. The second kappa shape index (κ2) is 6.80. The van der Waals surface area contributed by atoms with Crippen LogP contribution < -0.4 is 5.32 Å². The summed E-state index contributed by atoms with van der Waals surface area (Å²) in [5, 5.41) is 11.6. The van der Waals surface area contributed by atoms with E-state index in [1.165, 1.54) is 24.4 Å². The molecule has 1 aromatic heterocycles. The molecule has 114 valence electrons. The van der Waals surface area contributed by atoms with Gasteiger partial charge in [-0.3, -0.25) is 9.78 Å². The zero-order valence-electron chi connectivity index (χ0n) is 11.9. The molecule has 0 fully saturated rings. The fourth-order valence-electron chi connectivity index (χ4n) is 1.94. The molecule has 0 radical (unpaired) electrons. The summed E-state index contributed by atoms with van der Waals surface area (Å²) in [6.45, 7) is 1.78. The molecule has 0 saturated carbocycles. The highest BCUT2D eigenvalue weighted by molar-refractivity contribution is 5.96. The van der Waals surface area contributed by atoms with Crippen LogP contribution in [0.5, 0.6) is 0 Å². The number of benzene rings is 1. The van der Waals surface area contributed by atoms with Crippen molar-refractivity contribution in [3.8, 4) is 0 Å². The van der Waals surface area contributed by atoms with Gasteiger partial charge in [-0.1, -0.05) is 12.1 Å². The fraction of sp³-hybridized carbons (Fsp3) is 0.188. The molecule has 0 saturated heterocycles. The quantitative estimate of drug-likeness (QED) is 0.885. The molecule has 1 unspecified atom stereocenters. The number of halogens is 1. The second-order valence-corrected chi connectivity index (χ2v) is 4.89. The molecule has 0 aliphatic carbocycles. The molecular weight excluding hydrogens is 287 g/mol. The van der Waals surface area contributed by atoms with Crippen LogP contribution in [-0.2, 0) is 11.2 Å². The first-order valence-electron chi connectivity index (χ1n) is 6.66. The van der Waals surface area contributed by atoms with Crippen LogP contribution >= 0.6 is 0 Å². The summed E-state index contributed by atoms with van der Waals surface area (Å²) in [5.41, 5.74) is 1.52. The lowest BCUT2D eigenvalue weighted by Gasteiger charge is -2.14. The highest BCUT2D eigenvalue weighted by Gasteiger charge is 2.21. The summed E-state index contributed by atoms with van der Waals surface area (Å²) < 4.78 is 13.1. The molecule has 0 spiro atoms. The van der Waals surface area contributed by atoms with Gasteiger partial charge in [-0.05, 0) is 36.8 Å². The molecule has 0 aliphatic heterocycles. The SMILES string of the molecule is Cc1ccc(C(=O)NC(Cc2cccc(F)c2)C(=O)O)cn1. The van der Waals surface area contributed by atoms with Gasteiger partial charge < -0.3 is 10.4 Å². The van der Waals surface area contributed by atoms with Gasteiger partial charge in [-0.15, -0.1) is 0 Å². The van der Waals surface area contributed by atoms with Gasteiger partial charge in [0.2, 0.25) is 0 Å². The Hall–Kier alpha value is -2.76. The number of aromatic nitrogens is 1. The lowest BCUT2D eigenvalue weighted by Crippen LogP contribution is -2.42. The van der Waals surface area contributed by atoms with Crippen LogP contribution in [0.1, 0.15) is 21.6 Å². The molecule has 1 heterocycles. The van der Waals surface area contributed by atoms with Crippen molar-refractivity contribution in [1.29, 1.82) is 0 Å². The minimum Gasteiger partial charge on any atom is -0.480 e. The molecule has 2 rings (SSSR count). The Kier molecular flexibility index (Phi) is 4.83. The summed E-state index contributed by atoms with van der Waals surface area (Å²) in [6.07, 6.45) is 1.38. The van der Waals surface area contributed by atoms with Gasteiger partial charge in [0.1, 0.15) is 11.9 Å². The van der Waals surface area contributed by atoms with E-state index in [0.717, 1.165) is 5.69 Å². The highest BCUT2D eigenvalue weighted by Crippen LogP contribution is 2.08. The lowest BCUT2D eigenvalue weighted by atomic mass is 10.1. The Morgan fingerprint density at radius 1 is 1.32 bits per heavy atom. The minimum atomic E-state index is -1.18. The Morgan fingerprint density at radius 3 is 2.68 bits per heavy atom. The average molecular weight is 302 g/mol. The van der Waals surface area contributed by atoms with E-state index in [1.54, 1.807) is 25.1 Å². The van der Waals surface area contributed by atoms with Crippen molar-refractivity contribution < 1.29 is 19.1 Å². The standard InChI is InChI=1S/C16H15FN2O3/c1-10-5-6-12(9-18-10)15(20)19-14(16(21)22)8-11-3-2-4-13(17)7-11/h2-7,9,14H,8H2,1H3,(H,19,20)(H,21,22). The Balaban J connectivity index is 2.10. The molecule has 2 N–H and O–H groups in total.